The SMILES string of the molecule is CCn1nc(C)c(CC(=O)NC(CNS(=O)(=O)c2cnn(C)c2)c2ccccc2)c1C. The Labute approximate surface area is 182 Å². The highest BCUT2D eigenvalue weighted by molar-refractivity contribution is 7.89. The normalized spacial score (nSPS) is 12.6. The number of sulfonamides is 1. The summed E-state index contributed by atoms with van der Waals surface area (Å²) in [4.78, 5) is 12.9. The number of benzene rings is 1. The maximum absolute atomic E-state index is 12.9. The van der Waals surface area contributed by atoms with Gasteiger partial charge in [0.2, 0.25) is 15.9 Å². The van der Waals surface area contributed by atoms with Gasteiger partial charge in [0.15, 0.2) is 0 Å². The van der Waals surface area contributed by atoms with Gasteiger partial charge in [0.25, 0.3) is 0 Å². The summed E-state index contributed by atoms with van der Waals surface area (Å²) in [5.74, 6) is -0.198. The zero-order valence-corrected chi connectivity index (χ0v) is 19.0. The van der Waals surface area contributed by atoms with E-state index in [-0.39, 0.29) is 23.8 Å². The topological polar surface area (TPSA) is 111 Å². The van der Waals surface area contributed by atoms with Gasteiger partial charge in [0.05, 0.1) is 24.4 Å². The molecule has 0 fully saturated rings. The Balaban J connectivity index is 1.75. The van der Waals surface area contributed by atoms with Crippen LogP contribution in [0.15, 0.2) is 47.6 Å². The van der Waals surface area contributed by atoms with Crippen LogP contribution in [0.3, 0.4) is 0 Å². The highest BCUT2D eigenvalue weighted by atomic mass is 32.2. The third kappa shape index (κ3) is 5.39. The number of rotatable bonds is 9. The number of carbonyl (C=O) groups is 1. The molecule has 0 bridgehead atoms. The van der Waals surface area contributed by atoms with Crippen molar-refractivity contribution in [1.29, 1.82) is 0 Å². The summed E-state index contributed by atoms with van der Waals surface area (Å²) in [5.41, 5.74) is 3.48. The molecule has 0 saturated heterocycles. The predicted octanol–water partition coefficient (Wildman–Crippen LogP) is 1.63. The minimum absolute atomic E-state index is 0.0131. The zero-order chi connectivity index (χ0) is 22.6. The van der Waals surface area contributed by atoms with Crippen LogP contribution in [0, 0.1) is 13.8 Å². The van der Waals surface area contributed by atoms with Gasteiger partial charge in [-0.05, 0) is 26.3 Å². The number of nitrogens with one attached hydrogen (secondary N) is 2. The van der Waals surface area contributed by atoms with Crippen LogP contribution in [-0.4, -0.2) is 40.4 Å². The molecule has 1 amide bonds. The highest BCUT2D eigenvalue weighted by Gasteiger charge is 2.22. The maximum Gasteiger partial charge on any atom is 0.243 e. The third-order valence-electron chi connectivity index (χ3n) is 5.17. The minimum atomic E-state index is -3.75. The van der Waals surface area contributed by atoms with E-state index in [4.69, 9.17) is 0 Å². The van der Waals surface area contributed by atoms with Crippen LogP contribution in [0.25, 0.3) is 0 Å². The minimum Gasteiger partial charge on any atom is -0.348 e. The molecule has 1 aromatic carbocycles. The van der Waals surface area contributed by atoms with Crippen molar-refractivity contribution in [1.82, 2.24) is 29.6 Å². The average Bonchev–Trinajstić information content (AvgIpc) is 3.30. The van der Waals surface area contributed by atoms with Crippen molar-refractivity contribution < 1.29 is 13.2 Å². The zero-order valence-electron chi connectivity index (χ0n) is 18.2. The molecule has 0 aliphatic carbocycles. The second kappa shape index (κ2) is 9.44. The quantitative estimate of drug-likeness (QED) is 0.521. The Morgan fingerprint density at radius 3 is 2.48 bits per heavy atom. The smallest absolute Gasteiger partial charge is 0.243 e. The number of aryl methyl sites for hydroxylation is 3. The lowest BCUT2D eigenvalue weighted by Crippen LogP contribution is -2.38. The van der Waals surface area contributed by atoms with Crippen LogP contribution in [0.2, 0.25) is 0 Å². The van der Waals surface area contributed by atoms with Crippen molar-refractivity contribution in [2.75, 3.05) is 6.54 Å². The maximum atomic E-state index is 12.9. The van der Waals surface area contributed by atoms with Crippen LogP contribution in [0.4, 0.5) is 0 Å². The standard InChI is InChI=1S/C21H28N6O3S/c1-5-27-16(3)19(15(2)25-27)11-21(28)24-20(17-9-7-6-8-10-17)13-23-31(29,30)18-12-22-26(4)14-18/h6-10,12,14,20,23H,5,11,13H2,1-4H3,(H,24,28). The Morgan fingerprint density at radius 2 is 1.90 bits per heavy atom. The molecule has 2 aromatic heterocycles. The van der Waals surface area contributed by atoms with Crippen molar-refractivity contribution in [2.45, 2.75) is 44.7 Å². The largest absolute Gasteiger partial charge is 0.348 e. The van der Waals surface area contributed by atoms with Gasteiger partial charge in [-0.25, -0.2) is 13.1 Å². The van der Waals surface area contributed by atoms with E-state index in [1.165, 1.54) is 17.1 Å². The van der Waals surface area contributed by atoms with Crippen molar-refractivity contribution in [3.8, 4) is 0 Å². The molecule has 1 atom stereocenters. The van der Waals surface area contributed by atoms with Gasteiger partial charge in [-0.15, -0.1) is 0 Å². The molecule has 0 aliphatic rings. The Kier molecular flexibility index (Phi) is 6.91. The second-order valence-corrected chi connectivity index (χ2v) is 9.14. The van der Waals surface area contributed by atoms with Crippen molar-refractivity contribution in [3.05, 3.63) is 65.2 Å². The molecule has 0 spiro atoms. The van der Waals surface area contributed by atoms with Crippen LogP contribution >= 0.6 is 0 Å². The summed E-state index contributed by atoms with van der Waals surface area (Å²) in [6.07, 6.45) is 2.89. The molecule has 0 aliphatic heterocycles. The first kappa shape index (κ1) is 22.7. The molecule has 1 unspecified atom stereocenters. The van der Waals surface area contributed by atoms with Gasteiger partial charge in [-0.2, -0.15) is 10.2 Å². The van der Waals surface area contributed by atoms with E-state index < -0.39 is 16.1 Å². The first-order chi connectivity index (χ1) is 14.7. The van der Waals surface area contributed by atoms with E-state index in [0.29, 0.717) is 0 Å². The molecular weight excluding hydrogens is 416 g/mol. The van der Waals surface area contributed by atoms with Gasteiger partial charge in [-0.3, -0.25) is 14.2 Å². The van der Waals surface area contributed by atoms with Gasteiger partial charge >= 0.3 is 0 Å². The number of hydrogen-bond acceptors (Lipinski definition) is 5. The summed E-state index contributed by atoms with van der Waals surface area (Å²) >= 11 is 0. The fraction of sp³-hybridized carbons (Fsp3) is 0.381. The van der Waals surface area contributed by atoms with Gasteiger partial charge < -0.3 is 5.32 Å². The van der Waals surface area contributed by atoms with Crippen LogP contribution in [0.5, 0.6) is 0 Å². The summed E-state index contributed by atoms with van der Waals surface area (Å²) in [6, 6.07) is 8.76. The summed E-state index contributed by atoms with van der Waals surface area (Å²) in [7, 11) is -2.10. The van der Waals surface area contributed by atoms with Crippen molar-refractivity contribution in [3.63, 3.8) is 0 Å². The lowest BCUT2D eigenvalue weighted by Gasteiger charge is -2.20. The molecule has 2 heterocycles. The van der Waals surface area contributed by atoms with Crippen LogP contribution in [-0.2, 0) is 34.8 Å². The molecule has 0 saturated carbocycles. The first-order valence-corrected chi connectivity index (χ1v) is 11.5. The van der Waals surface area contributed by atoms with Gasteiger partial charge in [-0.1, -0.05) is 30.3 Å². The van der Waals surface area contributed by atoms with Crippen LogP contribution < -0.4 is 10.0 Å². The number of aromatic nitrogens is 4. The van der Waals surface area contributed by atoms with E-state index in [0.717, 1.165) is 29.1 Å². The Morgan fingerprint density at radius 1 is 1.19 bits per heavy atom. The predicted molar refractivity (Wildman–Crippen MR) is 117 cm³/mol. The number of carbonyl (C=O) groups excluding carboxylic acids is 1. The Bertz CT molecular complexity index is 1150. The van der Waals surface area contributed by atoms with E-state index >= 15 is 0 Å². The van der Waals surface area contributed by atoms with Crippen molar-refractivity contribution >= 4 is 15.9 Å². The highest BCUT2D eigenvalue weighted by Crippen LogP contribution is 2.17. The molecule has 3 aromatic rings. The number of nitrogens with zero attached hydrogens (tertiary/aromatic N) is 4. The molecule has 2 N–H and O–H groups in total. The van der Waals surface area contributed by atoms with Gasteiger partial charge in [0, 0.05) is 37.6 Å². The first-order valence-electron chi connectivity index (χ1n) is 10.1. The van der Waals surface area contributed by atoms with Crippen LogP contribution in [0.1, 0.15) is 35.5 Å². The fourth-order valence-electron chi connectivity index (χ4n) is 3.46. The fourth-order valence-corrected chi connectivity index (χ4v) is 4.49. The van der Waals surface area contributed by atoms with Gasteiger partial charge in [0.1, 0.15) is 4.90 Å². The second-order valence-electron chi connectivity index (χ2n) is 7.37. The molecule has 3 rings (SSSR count). The summed E-state index contributed by atoms with van der Waals surface area (Å²) in [6.45, 7) is 6.58. The molecule has 31 heavy (non-hydrogen) atoms. The lowest BCUT2D eigenvalue weighted by molar-refractivity contribution is -0.121. The molecule has 0 radical (unpaired) electrons. The molecule has 9 nitrogen and oxygen atoms in total. The molecular formula is C21H28N6O3S. The third-order valence-corrected chi connectivity index (χ3v) is 6.55. The van der Waals surface area contributed by atoms with E-state index in [1.54, 1.807) is 7.05 Å². The van der Waals surface area contributed by atoms with E-state index in [9.17, 15) is 13.2 Å². The van der Waals surface area contributed by atoms with E-state index in [2.05, 4.69) is 20.2 Å². The average molecular weight is 445 g/mol. The monoisotopic (exact) mass is 444 g/mol. The van der Waals surface area contributed by atoms with Crippen molar-refractivity contribution in [2.24, 2.45) is 7.05 Å². The molecule has 10 heteroatoms. The Hall–Kier alpha value is -2.98. The number of amides is 1. The lowest BCUT2D eigenvalue weighted by atomic mass is 10.1. The summed E-state index contributed by atoms with van der Waals surface area (Å²) < 4.78 is 31.1. The summed E-state index contributed by atoms with van der Waals surface area (Å²) in [5, 5.41) is 11.3. The molecule has 166 valence electrons. The number of hydrogen-bond donors (Lipinski definition) is 2. The van der Waals surface area contributed by atoms with E-state index in [1.807, 2.05) is 55.8 Å².